The quantitative estimate of drug-likeness (QED) is 0.854. The van der Waals surface area contributed by atoms with Crippen LogP contribution in [-0.4, -0.2) is 53.1 Å². The van der Waals surface area contributed by atoms with Gasteiger partial charge in [-0.2, -0.15) is 0 Å². The number of carbonyl (C=O) groups excluding carboxylic acids is 1. The van der Waals surface area contributed by atoms with E-state index in [0.29, 0.717) is 13.2 Å². The number of hydrogen-bond acceptors (Lipinski definition) is 3. The Morgan fingerprint density at radius 2 is 2.17 bits per heavy atom. The molecule has 4 heteroatoms. The van der Waals surface area contributed by atoms with Gasteiger partial charge in [-0.1, -0.05) is 29.8 Å². The molecular formula is C20H30N2O2. The number of carbonyl (C=O) groups is 1. The first-order valence-corrected chi connectivity index (χ1v) is 9.09. The molecule has 2 saturated heterocycles. The lowest BCUT2D eigenvalue weighted by Crippen LogP contribution is -2.61. The molecule has 1 aromatic rings. The Balaban J connectivity index is 1.73. The van der Waals surface area contributed by atoms with Crippen molar-refractivity contribution in [1.29, 1.82) is 0 Å². The van der Waals surface area contributed by atoms with Crippen molar-refractivity contribution < 1.29 is 9.53 Å². The van der Waals surface area contributed by atoms with E-state index in [1.165, 1.54) is 11.1 Å². The highest BCUT2D eigenvalue weighted by Gasteiger charge is 2.42. The van der Waals surface area contributed by atoms with E-state index in [1.807, 2.05) is 0 Å². The minimum atomic E-state index is -0.221. The highest BCUT2D eigenvalue weighted by Crippen LogP contribution is 2.28. The van der Waals surface area contributed by atoms with Crippen LogP contribution in [0.25, 0.3) is 0 Å². The summed E-state index contributed by atoms with van der Waals surface area (Å²) in [6, 6.07) is 8.61. The van der Waals surface area contributed by atoms with Crippen molar-refractivity contribution in [2.75, 3.05) is 19.7 Å². The molecule has 1 amide bonds. The van der Waals surface area contributed by atoms with E-state index in [9.17, 15) is 4.79 Å². The molecule has 1 aromatic carbocycles. The largest absolute Gasteiger partial charge is 0.374 e. The molecule has 2 atom stereocenters. The minimum absolute atomic E-state index is 0.00934. The van der Waals surface area contributed by atoms with Crippen LogP contribution in [0.2, 0.25) is 0 Å². The van der Waals surface area contributed by atoms with Crippen LogP contribution in [0.4, 0.5) is 0 Å². The molecule has 2 aliphatic heterocycles. The summed E-state index contributed by atoms with van der Waals surface area (Å²) in [5, 5.41) is 0. The summed E-state index contributed by atoms with van der Waals surface area (Å²) in [7, 11) is 0. The summed E-state index contributed by atoms with van der Waals surface area (Å²) in [5.41, 5.74) is 2.35. The van der Waals surface area contributed by atoms with Gasteiger partial charge in [0.15, 0.2) is 0 Å². The Morgan fingerprint density at radius 3 is 2.92 bits per heavy atom. The molecule has 0 bridgehead atoms. The predicted molar refractivity (Wildman–Crippen MR) is 95.8 cm³/mol. The molecule has 0 aromatic heterocycles. The molecule has 2 heterocycles. The fourth-order valence-electron chi connectivity index (χ4n) is 3.89. The fraction of sp³-hybridized carbons (Fsp3) is 0.650. The van der Waals surface area contributed by atoms with Crippen LogP contribution < -0.4 is 0 Å². The normalized spacial score (nSPS) is 27.4. The first-order valence-electron chi connectivity index (χ1n) is 9.09. The zero-order valence-electron chi connectivity index (χ0n) is 15.4. The second-order valence-electron chi connectivity index (χ2n) is 8.00. The van der Waals surface area contributed by atoms with E-state index in [0.717, 1.165) is 25.9 Å². The molecule has 4 nitrogen and oxygen atoms in total. The average Bonchev–Trinajstić information content (AvgIpc) is 2.97. The van der Waals surface area contributed by atoms with Crippen LogP contribution in [0.1, 0.15) is 44.7 Å². The molecule has 0 N–H and O–H groups in total. The van der Waals surface area contributed by atoms with Gasteiger partial charge >= 0.3 is 0 Å². The summed E-state index contributed by atoms with van der Waals surface area (Å²) in [5.74, 6) is 0.278. The third kappa shape index (κ3) is 3.65. The third-order valence-electron chi connectivity index (χ3n) is 5.27. The van der Waals surface area contributed by atoms with Crippen LogP contribution in [0.5, 0.6) is 0 Å². The van der Waals surface area contributed by atoms with Crippen molar-refractivity contribution in [3.63, 3.8) is 0 Å². The van der Waals surface area contributed by atoms with Crippen LogP contribution in [0.15, 0.2) is 24.3 Å². The molecule has 132 valence electrons. The summed E-state index contributed by atoms with van der Waals surface area (Å²) < 4.78 is 5.76. The molecule has 0 radical (unpaired) electrons. The Bertz CT molecular complexity index is 599. The lowest BCUT2D eigenvalue weighted by molar-refractivity contribution is -0.157. The second kappa shape index (κ2) is 6.85. The maximum absolute atomic E-state index is 13.3. The maximum atomic E-state index is 13.3. The van der Waals surface area contributed by atoms with E-state index in [1.54, 1.807) is 0 Å². The second-order valence-corrected chi connectivity index (χ2v) is 8.00. The molecular weight excluding hydrogens is 300 g/mol. The first-order chi connectivity index (χ1) is 11.4. The van der Waals surface area contributed by atoms with Crippen LogP contribution >= 0.6 is 0 Å². The first kappa shape index (κ1) is 17.4. The van der Waals surface area contributed by atoms with Gasteiger partial charge in [-0.15, -0.1) is 0 Å². The SMILES string of the molecule is Cc1cccc(CN2CCCC2C(=O)N2CC(C)OCC2(C)C)c1. The molecule has 2 aliphatic rings. The number of nitrogens with zero attached hydrogens (tertiary/aromatic N) is 2. The smallest absolute Gasteiger partial charge is 0.240 e. The van der Waals surface area contributed by atoms with E-state index < -0.39 is 0 Å². The Morgan fingerprint density at radius 1 is 1.38 bits per heavy atom. The van der Waals surface area contributed by atoms with Gasteiger partial charge in [0.2, 0.25) is 5.91 Å². The molecule has 0 aliphatic carbocycles. The van der Waals surface area contributed by atoms with E-state index >= 15 is 0 Å². The standard InChI is InChI=1S/C20H30N2O2/c1-15-7-5-8-17(11-15)13-21-10-6-9-18(21)19(23)22-12-16(2)24-14-20(22,3)4/h5,7-8,11,16,18H,6,9-10,12-14H2,1-4H3. The van der Waals surface area contributed by atoms with Crippen molar-refractivity contribution in [3.05, 3.63) is 35.4 Å². The predicted octanol–water partition coefficient (Wildman–Crippen LogP) is 2.99. The summed E-state index contributed by atoms with van der Waals surface area (Å²) in [6.07, 6.45) is 2.18. The highest BCUT2D eigenvalue weighted by atomic mass is 16.5. The average molecular weight is 330 g/mol. The van der Waals surface area contributed by atoms with Gasteiger partial charge in [0.1, 0.15) is 0 Å². The van der Waals surface area contributed by atoms with Crippen molar-refractivity contribution in [2.45, 2.75) is 64.8 Å². The van der Waals surface area contributed by atoms with Crippen molar-refractivity contribution in [3.8, 4) is 0 Å². The van der Waals surface area contributed by atoms with Gasteiger partial charge in [-0.25, -0.2) is 0 Å². The number of rotatable bonds is 3. The van der Waals surface area contributed by atoms with E-state index in [-0.39, 0.29) is 23.6 Å². The molecule has 24 heavy (non-hydrogen) atoms. The molecule has 0 saturated carbocycles. The van der Waals surface area contributed by atoms with Crippen LogP contribution in [-0.2, 0) is 16.1 Å². The van der Waals surface area contributed by atoms with Gasteiger partial charge in [-0.3, -0.25) is 9.69 Å². The van der Waals surface area contributed by atoms with Crippen molar-refractivity contribution in [2.24, 2.45) is 0 Å². The lowest BCUT2D eigenvalue weighted by atomic mass is 9.99. The lowest BCUT2D eigenvalue weighted by Gasteiger charge is -2.46. The maximum Gasteiger partial charge on any atom is 0.240 e. The number of likely N-dealkylation sites (tertiary alicyclic amines) is 1. The van der Waals surface area contributed by atoms with Crippen LogP contribution in [0, 0.1) is 6.92 Å². The number of amides is 1. The van der Waals surface area contributed by atoms with Gasteiger partial charge in [0.25, 0.3) is 0 Å². The van der Waals surface area contributed by atoms with Crippen molar-refractivity contribution in [1.82, 2.24) is 9.80 Å². The molecule has 0 spiro atoms. The zero-order valence-corrected chi connectivity index (χ0v) is 15.4. The number of morpholine rings is 1. The number of hydrogen-bond donors (Lipinski definition) is 0. The Labute approximate surface area is 145 Å². The van der Waals surface area contributed by atoms with Crippen molar-refractivity contribution >= 4 is 5.91 Å². The summed E-state index contributed by atoms with van der Waals surface area (Å²) in [4.78, 5) is 17.7. The van der Waals surface area contributed by atoms with Gasteiger partial charge in [-0.05, 0) is 52.6 Å². The number of ether oxygens (including phenoxy) is 1. The molecule has 3 rings (SSSR count). The summed E-state index contributed by atoms with van der Waals surface area (Å²) in [6.45, 7) is 11.6. The highest BCUT2D eigenvalue weighted by molar-refractivity contribution is 5.83. The third-order valence-corrected chi connectivity index (χ3v) is 5.27. The summed E-state index contributed by atoms with van der Waals surface area (Å²) >= 11 is 0. The monoisotopic (exact) mass is 330 g/mol. The Kier molecular flexibility index (Phi) is 4.97. The van der Waals surface area contributed by atoms with Gasteiger partial charge in [0, 0.05) is 13.1 Å². The van der Waals surface area contributed by atoms with E-state index in [2.05, 4.69) is 61.8 Å². The topological polar surface area (TPSA) is 32.8 Å². The number of aryl methyl sites for hydroxylation is 1. The molecule has 2 unspecified atom stereocenters. The Hall–Kier alpha value is -1.39. The zero-order chi connectivity index (χ0) is 17.3. The molecule has 2 fully saturated rings. The van der Waals surface area contributed by atoms with E-state index in [4.69, 9.17) is 4.74 Å². The van der Waals surface area contributed by atoms with Gasteiger partial charge in [0.05, 0.1) is 24.3 Å². The number of benzene rings is 1. The van der Waals surface area contributed by atoms with Crippen LogP contribution in [0.3, 0.4) is 0 Å². The minimum Gasteiger partial charge on any atom is -0.374 e. The van der Waals surface area contributed by atoms with Gasteiger partial charge < -0.3 is 9.64 Å². The fourth-order valence-corrected chi connectivity index (χ4v) is 3.89.